The summed E-state index contributed by atoms with van der Waals surface area (Å²) in [5.41, 5.74) is 0.243. The van der Waals surface area contributed by atoms with Crippen LogP contribution in [0.15, 0.2) is 47.5 Å². The van der Waals surface area contributed by atoms with Gasteiger partial charge in [-0.15, -0.1) is 0 Å². The quantitative estimate of drug-likeness (QED) is 0.456. The topological polar surface area (TPSA) is 132 Å². The molecule has 10 nitrogen and oxygen atoms in total. The molecule has 1 N–H and O–H groups in total. The molecule has 1 saturated heterocycles. The molecule has 176 valence electrons. The minimum absolute atomic E-state index is 0.0544. The minimum atomic E-state index is -3.96. The highest BCUT2D eigenvalue weighted by atomic mass is 35.5. The van der Waals surface area contributed by atoms with Gasteiger partial charge >= 0.3 is 11.9 Å². The van der Waals surface area contributed by atoms with E-state index < -0.39 is 40.4 Å². The number of methoxy groups -OCH3 is 1. The molecule has 33 heavy (non-hydrogen) atoms. The zero-order valence-electron chi connectivity index (χ0n) is 17.7. The first-order valence-corrected chi connectivity index (χ1v) is 11.8. The number of hydrogen-bond donors (Lipinski definition) is 1. The number of pyridine rings is 1. The summed E-state index contributed by atoms with van der Waals surface area (Å²) in [5, 5.41) is 2.61. The summed E-state index contributed by atoms with van der Waals surface area (Å²) in [6.45, 7) is -0.376. The lowest BCUT2D eigenvalue weighted by Crippen LogP contribution is -2.41. The molecule has 1 aromatic heterocycles. The second-order valence-corrected chi connectivity index (χ2v) is 9.43. The van der Waals surface area contributed by atoms with Gasteiger partial charge in [0.2, 0.25) is 10.0 Å². The SMILES string of the molecule is COC(=O)c1ccccc1S(=O)(=O)N1CCC(C(=O)OCC(=O)Nc2cccnc2Cl)CC1. The number of anilines is 1. The second-order valence-electron chi connectivity index (χ2n) is 7.16. The van der Waals surface area contributed by atoms with Crippen LogP contribution < -0.4 is 5.32 Å². The summed E-state index contributed by atoms with van der Waals surface area (Å²) in [7, 11) is -2.79. The lowest BCUT2D eigenvalue weighted by atomic mass is 9.98. The zero-order chi connectivity index (χ0) is 24.0. The zero-order valence-corrected chi connectivity index (χ0v) is 19.3. The Bertz CT molecular complexity index is 1150. The van der Waals surface area contributed by atoms with E-state index in [1.54, 1.807) is 18.2 Å². The van der Waals surface area contributed by atoms with E-state index in [4.69, 9.17) is 16.3 Å². The first-order valence-electron chi connectivity index (χ1n) is 9.98. The lowest BCUT2D eigenvalue weighted by Gasteiger charge is -2.30. The molecule has 3 rings (SSSR count). The molecule has 1 fully saturated rings. The summed E-state index contributed by atoms with van der Waals surface area (Å²) in [4.78, 5) is 40.0. The first kappa shape index (κ1) is 24.6. The Labute approximate surface area is 195 Å². The normalized spacial score (nSPS) is 15.0. The van der Waals surface area contributed by atoms with Gasteiger partial charge in [0.05, 0.1) is 29.2 Å². The van der Waals surface area contributed by atoms with Crippen molar-refractivity contribution >= 4 is 45.2 Å². The average Bonchev–Trinajstić information content (AvgIpc) is 2.83. The molecule has 0 aliphatic carbocycles. The van der Waals surface area contributed by atoms with Crippen LogP contribution in [-0.4, -0.2) is 62.4 Å². The number of ether oxygens (including phenoxy) is 2. The number of carbonyl (C=O) groups is 3. The van der Waals surface area contributed by atoms with Crippen molar-refractivity contribution < 1.29 is 32.3 Å². The largest absolute Gasteiger partial charge is 0.465 e. The summed E-state index contributed by atoms with van der Waals surface area (Å²) in [6.07, 6.45) is 1.90. The molecular weight excluding hydrogens is 474 g/mol. The molecule has 1 aromatic carbocycles. The highest BCUT2D eigenvalue weighted by Crippen LogP contribution is 2.27. The van der Waals surface area contributed by atoms with Gasteiger partial charge in [-0.2, -0.15) is 4.31 Å². The fourth-order valence-corrected chi connectivity index (χ4v) is 5.18. The number of nitrogens with zero attached hydrogens (tertiary/aromatic N) is 2. The fourth-order valence-electron chi connectivity index (χ4n) is 3.36. The van der Waals surface area contributed by atoms with Crippen LogP contribution in [0.1, 0.15) is 23.2 Å². The highest BCUT2D eigenvalue weighted by molar-refractivity contribution is 7.89. The van der Waals surface area contributed by atoms with Crippen molar-refractivity contribution in [2.24, 2.45) is 5.92 Å². The van der Waals surface area contributed by atoms with Crippen LogP contribution in [0.25, 0.3) is 0 Å². The van der Waals surface area contributed by atoms with Crippen LogP contribution in [0, 0.1) is 5.92 Å². The monoisotopic (exact) mass is 495 g/mol. The van der Waals surface area contributed by atoms with Crippen LogP contribution >= 0.6 is 11.6 Å². The van der Waals surface area contributed by atoms with Gasteiger partial charge in [0, 0.05) is 19.3 Å². The number of benzene rings is 1. The van der Waals surface area contributed by atoms with Crippen LogP contribution in [0.3, 0.4) is 0 Å². The van der Waals surface area contributed by atoms with Crippen LogP contribution in [0.2, 0.25) is 5.15 Å². The number of esters is 2. The molecule has 0 atom stereocenters. The van der Waals surface area contributed by atoms with Crippen molar-refractivity contribution in [1.29, 1.82) is 0 Å². The van der Waals surface area contributed by atoms with E-state index >= 15 is 0 Å². The van der Waals surface area contributed by atoms with Crippen molar-refractivity contribution in [3.05, 3.63) is 53.3 Å². The number of sulfonamides is 1. The third-order valence-electron chi connectivity index (χ3n) is 5.08. The molecule has 0 spiro atoms. The van der Waals surface area contributed by atoms with Gasteiger partial charge in [0.15, 0.2) is 11.8 Å². The smallest absolute Gasteiger partial charge is 0.339 e. The predicted molar refractivity (Wildman–Crippen MR) is 118 cm³/mol. The van der Waals surface area contributed by atoms with Gasteiger partial charge in [-0.3, -0.25) is 9.59 Å². The maximum atomic E-state index is 13.1. The lowest BCUT2D eigenvalue weighted by molar-refractivity contribution is -0.152. The highest BCUT2D eigenvalue weighted by Gasteiger charge is 2.35. The fraction of sp³-hybridized carbons (Fsp3) is 0.333. The number of carbonyl (C=O) groups excluding carboxylic acids is 3. The molecule has 0 radical (unpaired) electrons. The van der Waals surface area contributed by atoms with Crippen molar-refractivity contribution in [3.8, 4) is 0 Å². The number of piperidine rings is 1. The van der Waals surface area contributed by atoms with Crippen LogP contribution in [0.4, 0.5) is 5.69 Å². The first-order chi connectivity index (χ1) is 15.7. The minimum Gasteiger partial charge on any atom is -0.465 e. The van der Waals surface area contributed by atoms with Gasteiger partial charge in [0.25, 0.3) is 5.91 Å². The molecule has 1 aliphatic heterocycles. The molecule has 0 bridgehead atoms. The Balaban J connectivity index is 1.55. The molecule has 2 heterocycles. The molecule has 1 amide bonds. The Kier molecular flexibility index (Phi) is 8.01. The maximum absolute atomic E-state index is 13.1. The second kappa shape index (κ2) is 10.7. The Morgan fingerprint density at radius 3 is 2.52 bits per heavy atom. The third kappa shape index (κ3) is 5.86. The predicted octanol–water partition coefficient (Wildman–Crippen LogP) is 2.10. The Morgan fingerprint density at radius 2 is 1.85 bits per heavy atom. The standard InChI is InChI=1S/C21H22ClN3O7S/c1-31-21(28)15-5-2-3-7-17(15)33(29,30)25-11-8-14(9-12-25)20(27)32-13-18(26)24-16-6-4-10-23-19(16)22/h2-7,10,14H,8-9,11-13H2,1H3,(H,24,26). The molecule has 1 aliphatic rings. The van der Waals surface area contributed by atoms with Crippen LogP contribution in [0.5, 0.6) is 0 Å². The number of hydrogen-bond acceptors (Lipinski definition) is 8. The van der Waals surface area contributed by atoms with Crippen molar-refractivity contribution in [2.45, 2.75) is 17.7 Å². The Hall–Kier alpha value is -3.02. The summed E-state index contributed by atoms with van der Waals surface area (Å²) in [5.74, 6) is -2.47. The van der Waals surface area contributed by atoms with Crippen molar-refractivity contribution in [2.75, 3.05) is 32.1 Å². The van der Waals surface area contributed by atoms with E-state index in [2.05, 4.69) is 15.0 Å². The summed E-state index contributed by atoms with van der Waals surface area (Å²) >= 11 is 5.87. The van der Waals surface area contributed by atoms with E-state index in [1.165, 1.54) is 35.8 Å². The molecule has 12 heteroatoms. The van der Waals surface area contributed by atoms with Gasteiger partial charge in [-0.1, -0.05) is 23.7 Å². The van der Waals surface area contributed by atoms with Crippen LogP contribution in [-0.2, 0) is 29.1 Å². The van der Waals surface area contributed by atoms with E-state index in [0.717, 1.165) is 0 Å². The molecule has 0 saturated carbocycles. The number of halogens is 1. The third-order valence-corrected chi connectivity index (χ3v) is 7.33. The number of aromatic nitrogens is 1. The van der Waals surface area contributed by atoms with Crippen molar-refractivity contribution in [1.82, 2.24) is 9.29 Å². The average molecular weight is 496 g/mol. The van der Waals surface area contributed by atoms with E-state index in [1.807, 2.05) is 0 Å². The molecular formula is C21H22ClN3O7S. The van der Waals surface area contributed by atoms with Crippen molar-refractivity contribution in [3.63, 3.8) is 0 Å². The van der Waals surface area contributed by atoms with Gasteiger partial charge in [-0.25, -0.2) is 18.2 Å². The Morgan fingerprint density at radius 1 is 1.15 bits per heavy atom. The summed E-state index contributed by atoms with van der Waals surface area (Å²) < 4.78 is 37.1. The molecule has 0 unspecified atom stereocenters. The summed E-state index contributed by atoms with van der Waals surface area (Å²) in [6, 6.07) is 8.95. The number of rotatable bonds is 7. The van der Waals surface area contributed by atoms with Gasteiger partial charge < -0.3 is 14.8 Å². The van der Waals surface area contributed by atoms with Gasteiger partial charge in [-0.05, 0) is 37.1 Å². The van der Waals surface area contributed by atoms with Gasteiger partial charge in [0.1, 0.15) is 0 Å². The number of nitrogens with one attached hydrogen (secondary N) is 1. The van der Waals surface area contributed by atoms with E-state index in [0.29, 0.717) is 5.69 Å². The maximum Gasteiger partial charge on any atom is 0.339 e. The van der Waals surface area contributed by atoms with E-state index in [9.17, 15) is 22.8 Å². The van der Waals surface area contributed by atoms with E-state index in [-0.39, 0.29) is 41.5 Å². The number of amides is 1. The molecule has 2 aromatic rings.